The molecule has 0 aromatic heterocycles. The van der Waals surface area contributed by atoms with Crippen LogP contribution in [0.4, 0.5) is 0 Å². The summed E-state index contributed by atoms with van der Waals surface area (Å²) in [5, 5.41) is 3.05. The lowest BCUT2D eigenvalue weighted by atomic mass is 9.86. The van der Waals surface area contributed by atoms with Gasteiger partial charge in [-0.3, -0.25) is 4.79 Å². The summed E-state index contributed by atoms with van der Waals surface area (Å²) in [5.41, 5.74) is 9.59. The summed E-state index contributed by atoms with van der Waals surface area (Å²) in [4.78, 5) is 12.1. The highest BCUT2D eigenvalue weighted by molar-refractivity contribution is 5.78. The second kappa shape index (κ2) is 6.20. The molecule has 3 nitrogen and oxygen atoms in total. The Balaban J connectivity index is 1.84. The number of carbonyl (C=O) groups is 1. The Kier molecular flexibility index (Phi) is 4.59. The monoisotopic (exact) mass is 260 g/mol. The molecule has 1 saturated carbocycles. The Morgan fingerprint density at radius 3 is 2.53 bits per heavy atom. The molecular formula is C16H24N2O. The number of rotatable bonds is 3. The zero-order chi connectivity index (χ0) is 13.8. The van der Waals surface area contributed by atoms with E-state index in [4.69, 9.17) is 5.73 Å². The number of aryl methyl sites for hydroxylation is 2. The van der Waals surface area contributed by atoms with E-state index in [0.717, 1.165) is 25.7 Å². The van der Waals surface area contributed by atoms with Gasteiger partial charge in [0.25, 0.3) is 0 Å². The summed E-state index contributed by atoms with van der Waals surface area (Å²) in [6.45, 7) is 4.83. The van der Waals surface area contributed by atoms with Gasteiger partial charge in [-0.25, -0.2) is 0 Å². The number of hydrogen-bond acceptors (Lipinski definition) is 2. The normalized spacial score (nSPS) is 23.1. The fourth-order valence-electron chi connectivity index (χ4n) is 2.63. The molecule has 0 aliphatic heterocycles. The van der Waals surface area contributed by atoms with Crippen molar-refractivity contribution in [1.82, 2.24) is 5.32 Å². The van der Waals surface area contributed by atoms with Crippen molar-refractivity contribution in [2.45, 2.75) is 52.1 Å². The van der Waals surface area contributed by atoms with Gasteiger partial charge in [0.2, 0.25) is 5.91 Å². The lowest BCUT2D eigenvalue weighted by molar-refractivity contribution is -0.126. The average molecular weight is 260 g/mol. The second-order valence-electron chi connectivity index (χ2n) is 5.75. The minimum atomic E-state index is 0.159. The molecular weight excluding hydrogens is 236 g/mol. The molecule has 0 bridgehead atoms. The number of amides is 1. The van der Waals surface area contributed by atoms with Gasteiger partial charge in [0.05, 0.1) is 0 Å². The third kappa shape index (κ3) is 3.80. The summed E-state index contributed by atoms with van der Waals surface area (Å²) in [7, 11) is 0. The highest BCUT2D eigenvalue weighted by Crippen LogP contribution is 2.23. The van der Waals surface area contributed by atoms with Crippen LogP contribution in [0.15, 0.2) is 18.2 Å². The van der Waals surface area contributed by atoms with Crippen LogP contribution in [-0.4, -0.2) is 11.9 Å². The predicted molar refractivity (Wildman–Crippen MR) is 77.7 cm³/mol. The summed E-state index contributed by atoms with van der Waals surface area (Å²) in [6.07, 6.45) is 3.81. The lowest BCUT2D eigenvalue weighted by Gasteiger charge is -2.25. The Hall–Kier alpha value is -1.35. The van der Waals surface area contributed by atoms with Gasteiger partial charge in [0.1, 0.15) is 0 Å². The second-order valence-corrected chi connectivity index (χ2v) is 5.75. The van der Waals surface area contributed by atoms with E-state index in [1.807, 2.05) is 0 Å². The van der Waals surface area contributed by atoms with E-state index in [9.17, 15) is 4.79 Å². The van der Waals surface area contributed by atoms with E-state index in [-0.39, 0.29) is 11.8 Å². The Morgan fingerprint density at radius 1 is 1.21 bits per heavy atom. The molecule has 3 heteroatoms. The predicted octanol–water partition coefficient (Wildman–Crippen LogP) is 2.44. The maximum Gasteiger partial charge on any atom is 0.223 e. The zero-order valence-corrected chi connectivity index (χ0v) is 11.9. The fourth-order valence-corrected chi connectivity index (χ4v) is 2.63. The van der Waals surface area contributed by atoms with Crippen LogP contribution in [-0.2, 0) is 11.3 Å². The van der Waals surface area contributed by atoms with Crippen molar-refractivity contribution in [1.29, 1.82) is 0 Å². The zero-order valence-electron chi connectivity index (χ0n) is 11.9. The molecule has 1 amide bonds. The minimum Gasteiger partial charge on any atom is -0.352 e. The van der Waals surface area contributed by atoms with Crippen molar-refractivity contribution >= 4 is 5.91 Å². The number of hydrogen-bond donors (Lipinski definition) is 2. The van der Waals surface area contributed by atoms with Crippen LogP contribution < -0.4 is 11.1 Å². The Morgan fingerprint density at radius 2 is 1.89 bits per heavy atom. The molecule has 2 rings (SSSR count). The molecule has 0 spiro atoms. The van der Waals surface area contributed by atoms with Crippen molar-refractivity contribution in [2.75, 3.05) is 0 Å². The van der Waals surface area contributed by atoms with Crippen molar-refractivity contribution in [3.8, 4) is 0 Å². The van der Waals surface area contributed by atoms with Crippen molar-refractivity contribution in [3.63, 3.8) is 0 Å². The number of carbonyl (C=O) groups excluding carboxylic acids is 1. The third-order valence-electron chi connectivity index (χ3n) is 4.18. The van der Waals surface area contributed by atoms with Gasteiger partial charge in [0, 0.05) is 18.5 Å². The minimum absolute atomic E-state index is 0.159. The van der Waals surface area contributed by atoms with E-state index >= 15 is 0 Å². The molecule has 1 aliphatic rings. The molecule has 0 saturated heterocycles. The topological polar surface area (TPSA) is 55.1 Å². The molecule has 1 aromatic rings. The van der Waals surface area contributed by atoms with Crippen molar-refractivity contribution in [2.24, 2.45) is 11.7 Å². The molecule has 0 unspecified atom stereocenters. The largest absolute Gasteiger partial charge is 0.352 e. The van der Waals surface area contributed by atoms with Gasteiger partial charge >= 0.3 is 0 Å². The van der Waals surface area contributed by atoms with Crippen LogP contribution in [0.3, 0.4) is 0 Å². The first-order chi connectivity index (χ1) is 9.06. The van der Waals surface area contributed by atoms with Crippen molar-refractivity contribution in [3.05, 3.63) is 34.9 Å². The SMILES string of the molecule is Cc1ccc(CNC(=O)C2CCC(N)CC2)cc1C. The maximum absolute atomic E-state index is 12.1. The van der Waals surface area contributed by atoms with Crippen LogP contribution in [0, 0.1) is 19.8 Å². The van der Waals surface area contributed by atoms with Crippen molar-refractivity contribution < 1.29 is 4.79 Å². The summed E-state index contributed by atoms with van der Waals surface area (Å²) < 4.78 is 0. The molecule has 0 heterocycles. The molecule has 3 N–H and O–H groups in total. The van der Waals surface area contributed by atoms with Crippen LogP contribution >= 0.6 is 0 Å². The lowest BCUT2D eigenvalue weighted by Crippen LogP contribution is -2.35. The number of nitrogens with one attached hydrogen (secondary N) is 1. The Bertz CT molecular complexity index is 448. The summed E-state index contributed by atoms with van der Waals surface area (Å²) in [6, 6.07) is 6.63. The molecule has 0 radical (unpaired) electrons. The molecule has 104 valence electrons. The first-order valence-corrected chi connectivity index (χ1v) is 7.15. The Labute approximate surface area is 115 Å². The third-order valence-corrected chi connectivity index (χ3v) is 4.18. The van der Waals surface area contributed by atoms with Gasteiger partial charge < -0.3 is 11.1 Å². The van der Waals surface area contributed by atoms with Gasteiger partial charge in [-0.05, 0) is 56.2 Å². The van der Waals surface area contributed by atoms with Crippen LogP contribution in [0.25, 0.3) is 0 Å². The van der Waals surface area contributed by atoms with Gasteiger partial charge in [-0.15, -0.1) is 0 Å². The van der Waals surface area contributed by atoms with E-state index < -0.39 is 0 Å². The van der Waals surface area contributed by atoms with Crippen LogP contribution in [0.5, 0.6) is 0 Å². The fraction of sp³-hybridized carbons (Fsp3) is 0.562. The van der Waals surface area contributed by atoms with Crippen LogP contribution in [0.2, 0.25) is 0 Å². The van der Waals surface area contributed by atoms with E-state index in [2.05, 4.69) is 37.4 Å². The van der Waals surface area contributed by atoms with E-state index in [0.29, 0.717) is 12.6 Å². The van der Waals surface area contributed by atoms with Gasteiger partial charge in [0.15, 0.2) is 0 Å². The maximum atomic E-state index is 12.1. The smallest absolute Gasteiger partial charge is 0.223 e. The quantitative estimate of drug-likeness (QED) is 0.877. The van der Waals surface area contributed by atoms with E-state index in [1.165, 1.54) is 16.7 Å². The average Bonchev–Trinajstić information content (AvgIpc) is 2.40. The molecule has 0 atom stereocenters. The standard InChI is InChI=1S/C16H24N2O/c1-11-3-4-13(9-12(11)2)10-18-16(19)14-5-7-15(17)8-6-14/h3-4,9,14-15H,5-8,10,17H2,1-2H3,(H,18,19). The molecule has 1 aliphatic carbocycles. The molecule has 19 heavy (non-hydrogen) atoms. The van der Waals surface area contributed by atoms with Gasteiger partial charge in [-0.1, -0.05) is 18.2 Å². The molecule has 1 fully saturated rings. The highest BCUT2D eigenvalue weighted by atomic mass is 16.1. The molecule has 1 aromatic carbocycles. The first kappa shape index (κ1) is 14.1. The van der Waals surface area contributed by atoms with E-state index in [1.54, 1.807) is 0 Å². The number of benzene rings is 1. The summed E-state index contributed by atoms with van der Waals surface area (Å²) >= 11 is 0. The first-order valence-electron chi connectivity index (χ1n) is 7.15. The highest BCUT2D eigenvalue weighted by Gasteiger charge is 2.24. The number of nitrogens with two attached hydrogens (primary N) is 1. The van der Waals surface area contributed by atoms with Crippen LogP contribution in [0.1, 0.15) is 42.4 Å². The van der Waals surface area contributed by atoms with Gasteiger partial charge in [-0.2, -0.15) is 0 Å². The summed E-state index contributed by atoms with van der Waals surface area (Å²) in [5.74, 6) is 0.344.